The Morgan fingerprint density at radius 1 is 1.33 bits per heavy atom. The fourth-order valence-electron chi connectivity index (χ4n) is 2.54. The van der Waals surface area contributed by atoms with E-state index in [4.69, 9.17) is 4.74 Å². The summed E-state index contributed by atoms with van der Waals surface area (Å²) in [5, 5.41) is 2.96. The van der Waals surface area contributed by atoms with Crippen LogP contribution >= 0.6 is 0 Å². The van der Waals surface area contributed by atoms with Crippen LogP contribution in [0.15, 0.2) is 0 Å². The molecule has 1 N–H and O–H groups in total. The molecule has 86 valence electrons. The Morgan fingerprint density at radius 2 is 2.00 bits per heavy atom. The molecule has 2 unspecified atom stereocenters. The van der Waals surface area contributed by atoms with Crippen LogP contribution < -0.4 is 5.32 Å². The van der Waals surface area contributed by atoms with Crippen molar-refractivity contribution in [3.05, 3.63) is 0 Å². The van der Waals surface area contributed by atoms with Gasteiger partial charge in [0, 0.05) is 12.5 Å². The van der Waals surface area contributed by atoms with Crippen LogP contribution in [0, 0.1) is 17.8 Å². The van der Waals surface area contributed by atoms with Gasteiger partial charge >= 0.3 is 0 Å². The molecule has 0 heterocycles. The van der Waals surface area contributed by atoms with Gasteiger partial charge in [0.25, 0.3) is 0 Å². The van der Waals surface area contributed by atoms with Gasteiger partial charge in [-0.3, -0.25) is 4.79 Å². The summed E-state index contributed by atoms with van der Waals surface area (Å²) in [6, 6.07) is 0. The molecule has 2 aliphatic carbocycles. The summed E-state index contributed by atoms with van der Waals surface area (Å²) in [5.41, 5.74) is 0. The predicted octanol–water partition coefficient (Wildman–Crippen LogP) is 1.57. The normalized spacial score (nSPS) is 32.9. The molecular weight excluding hydrogens is 190 g/mol. The van der Waals surface area contributed by atoms with Crippen molar-refractivity contribution in [1.82, 2.24) is 5.32 Å². The fourth-order valence-corrected chi connectivity index (χ4v) is 2.54. The van der Waals surface area contributed by atoms with E-state index in [1.165, 1.54) is 6.42 Å². The smallest absolute Gasteiger partial charge is 0.223 e. The average Bonchev–Trinajstić information content (AvgIpc) is 2.80. The van der Waals surface area contributed by atoms with Crippen molar-refractivity contribution in [2.24, 2.45) is 17.8 Å². The lowest BCUT2D eigenvalue weighted by Gasteiger charge is -2.13. The van der Waals surface area contributed by atoms with Crippen LogP contribution in [0.25, 0.3) is 0 Å². The van der Waals surface area contributed by atoms with Crippen molar-refractivity contribution in [2.45, 2.75) is 39.2 Å². The molecular formula is C12H21NO2. The maximum absolute atomic E-state index is 11.7. The molecule has 2 saturated carbocycles. The molecule has 0 aromatic carbocycles. The van der Waals surface area contributed by atoms with Crippen molar-refractivity contribution in [1.29, 1.82) is 0 Å². The van der Waals surface area contributed by atoms with Crippen LogP contribution in [0.4, 0.5) is 0 Å². The van der Waals surface area contributed by atoms with Gasteiger partial charge in [-0.15, -0.1) is 0 Å². The zero-order valence-corrected chi connectivity index (χ0v) is 9.66. The highest BCUT2D eigenvalue weighted by Crippen LogP contribution is 2.54. The summed E-state index contributed by atoms with van der Waals surface area (Å²) < 4.78 is 5.37. The fraction of sp³-hybridized carbons (Fsp3) is 0.917. The summed E-state index contributed by atoms with van der Waals surface area (Å²) in [6.45, 7) is 5.30. The topological polar surface area (TPSA) is 38.3 Å². The molecule has 1 amide bonds. The molecule has 2 rings (SSSR count). The number of fused-ring (bicyclic) bond motifs is 1. The van der Waals surface area contributed by atoms with Crippen LogP contribution in [-0.2, 0) is 9.53 Å². The Kier molecular flexibility index (Phi) is 3.29. The van der Waals surface area contributed by atoms with Crippen molar-refractivity contribution in [3.8, 4) is 0 Å². The van der Waals surface area contributed by atoms with Crippen LogP contribution in [-0.4, -0.2) is 25.2 Å². The van der Waals surface area contributed by atoms with Crippen LogP contribution in [0.1, 0.15) is 33.1 Å². The largest absolute Gasteiger partial charge is 0.377 e. The molecule has 2 aliphatic rings. The number of carbonyl (C=O) groups excluding carboxylic acids is 1. The second-order valence-corrected chi connectivity index (χ2v) is 5.13. The molecule has 0 spiro atoms. The molecule has 0 radical (unpaired) electrons. The number of rotatable bonds is 5. The Labute approximate surface area is 91.6 Å². The van der Waals surface area contributed by atoms with Crippen LogP contribution in [0.5, 0.6) is 0 Å². The number of carbonyl (C=O) groups is 1. The zero-order valence-electron chi connectivity index (χ0n) is 9.66. The lowest BCUT2D eigenvalue weighted by atomic mass is 10.0. The van der Waals surface area contributed by atoms with Gasteiger partial charge in [0.1, 0.15) is 0 Å². The first-order valence-electron chi connectivity index (χ1n) is 6.06. The lowest BCUT2D eigenvalue weighted by molar-refractivity contribution is -0.125. The molecule has 0 bridgehead atoms. The van der Waals surface area contributed by atoms with Gasteiger partial charge < -0.3 is 10.1 Å². The van der Waals surface area contributed by atoms with Gasteiger partial charge in [-0.2, -0.15) is 0 Å². The van der Waals surface area contributed by atoms with E-state index in [0.29, 0.717) is 19.1 Å². The van der Waals surface area contributed by atoms with Gasteiger partial charge in [0.05, 0.1) is 12.7 Å². The van der Waals surface area contributed by atoms with E-state index >= 15 is 0 Å². The van der Waals surface area contributed by atoms with E-state index in [2.05, 4.69) is 5.32 Å². The van der Waals surface area contributed by atoms with E-state index < -0.39 is 0 Å². The highest BCUT2D eigenvalue weighted by molar-refractivity contribution is 5.79. The third kappa shape index (κ3) is 2.94. The molecule has 0 aliphatic heterocycles. The Bertz CT molecular complexity index is 230. The van der Waals surface area contributed by atoms with Gasteiger partial charge in [-0.25, -0.2) is 0 Å². The summed E-state index contributed by atoms with van der Waals surface area (Å²) in [5.74, 6) is 2.31. The third-order valence-corrected chi connectivity index (χ3v) is 3.47. The van der Waals surface area contributed by atoms with Gasteiger partial charge in [0.15, 0.2) is 0 Å². The SMILES string of the molecule is CC(C)OCCNC(=O)C1CC2CC2C1. The number of amides is 1. The first-order valence-corrected chi connectivity index (χ1v) is 6.06. The molecule has 0 aromatic heterocycles. The highest BCUT2D eigenvalue weighted by Gasteiger charge is 2.47. The molecule has 0 saturated heterocycles. The molecule has 3 nitrogen and oxygen atoms in total. The highest BCUT2D eigenvalue weighted by atomic mass is 16.5. The zero-order chi connectivity index (χ0) is 10.8. The second-order valence-electron chi connectivity index (χ2n) is 5.13. The summed E-state index contributed by atoms with van der Waals surface area (Å²) in [4.78, 5) is 11.7. The van der Waals surface area contributed by atoms with Crippen LogP contribution in [0.3, 0.4) is 0 Å². The van der Waals surface area contributed by atoms with Gasteiger partial charge in [0.2, 0.25) is 5.91 Å². The van der Waals surface area contributed by atoms with E-state index in [1.807, 2.05) is 13.8 Å². The quantitative estimate of drug-likeness (QED) is 0.701. The number of hydrogen-bond donors (Lipinski definition) is 1. The van der Waals surface area contributed by atoms with E-state index in [1.54, 1.807) is 0 Å². The monoisotopic (exact) mass is 211 g/mol. The maximum Gasteiger partial charge on any atom is 0.223 e. The summed E-state index contributed by atoms with van der Waals surface area (Å²) in [6.07, 6.45) is 3.88. The minimum absolute atomic E-state index is 0.245. The first kappa shape index (κ1) is 10.9. The van der Waals surface area contributed by atoms with Gasteiger partial charge in [-0.1, -0.05) is 0 Å². The summed E-state index contributed by atoms with van der Waals surface area (Å²) in [7, 11) is 0. The minimum atomic E-state index is 0.245. The van der Waals surface area contributed by atoms with Crippen LogP contribution in [0.2, 0.25) is 0 Å². The molecule has 3 heteroatoms. The minimum Gasteiger partial charge on any atom is -0.377 e. The number of nitrogens with one attached hydrogen (secondary N) is 1. The predicted molar refractivity (Wildman–Crippen MR) is 58.4 cm³/mol. The molecule has 15 heavy (non-hydrogen) atoms. The number of ether oxygens (including phenoxy) is 1. The lowest BCUT2D eigenvalue weighted by Crippen LogP contribution is -2.33. The van der Waals surface area contributed by atoms with Crippen molar-refractivity contribution in [2.75, 3.05) is 13.2 Å². The van der Waals surface area contributed by atoms with Crippen molar-refractivity contribution in [3.63, 3.8) is 0 Å². The Morgan fingerprint density at radius 3 is 2.60 bits per heavy atom. The van der Waals surface area contributed by atoms with Gasteiger partial charge in [-0.05, 0) is 44.9 Å². The number of hydrogen-bond acceptors (Lipinski definition) is 2. The molecule has 2 atom stereocenters. The summed E-state index contributed by atoms with van der Waals surface area (Å²) >= 11 is 0. The Balaban J connectivity index is 1.57. The van der Waals surface area contributed by atoms with E-state index in [0.717, 1.165) is 24.7 Å². The van der Waals surface area contributed by atoms with E-state index in [9.17, 15) is 4.79 Å². The molecule has 2 fully saturated rings. The molecule has 0 aromatic rings. The van der Waals surface area contributed by atoms with E-state index in [-0.39, 0.29) is 12.0 Å². The standard InChI is InChI=1S/C12H21NO2/c1-8(2)15-4-3-13-12(14)11-6-9-5-10(9)7-11/h8-11H,3-7H2,1-2H3,(H,13,14). The Hall–Kier alpha value is -0.570. The maximum atomic E-state index is 11.7. The first-order chi connectivity index (χ1) is 7.16. The third-order valence-electron chi connectivity index (χ3n) is 3.47. The second kappa shape index (κ2) is 4.52. The van der Waals surface area contributed by atoms with Crippen molar-refractivity contribution < 1.29 is 9.53 Å². The average molecular weight is 211 g/mol. The van der Waals surface area contributed by atoms with Crippen molar-refractivity contribution >= 4 is 5.91 Å².